The maximum absolute atomic E-state index is 12.3. The lowest BCUT2D eigenvalue weighted by Crippen LogP contribution is -2.55. The topological polar surface area (TPSA) is 105 Å². The molecule has 1 aromatic heterocycles. The highest BCUT2D eigenvalue weighted by molar-refractivity contribution is 5.97. The zero-order valence-corrected chi connectivity index (χ0v) is 10.5. The van der Waals surface area contributed by atoms with Gasteiger partial charge in [-0.15, -0.1) is 0 Å². The van der Waals surface area contributed by atoms with E-state index in [1.807, 2.05) is 0 Å². The number of nitrogens with one attached hydrogen (secondary N) is 1. The van der Waals surface area contributed by atoms with Crippen LogP contribution in [0.2, 0.25) is 0 Å². The third-order valence-electron chi connectivity index (χ3n) is 3.01. The first-order valence-electron chi connectivity index (χ1n) is 5.88. The van der Waals surface area contributed by atoms with Crippen LogP contribution >= 0.6 is 0 Å². The molecule has 2 rings (SSSR count). The fraction of sp³-hybridized carbons (Fsp3) is 0.417. The molecule has 0 spiro atoms. The second kappa shape index (κ2) is 5.23. The van der Waals surface area contributed by atoms with E-state index in [9.17, 15) is 14.4 Å². The predicted molar refractivity (Wildman–Crippen MR) is 66.6 cm³/mol. The Balaban J connectivity index is 2.31. The molecule has 102 valence electrons. The van der Waals surface area contributed by atoms with Crippen molar-refractivity contribution in [2.24, 2.45) is 5.73 Å². The Morgan fingerprint density at radius 1 is 1.53 bits per heavy atom. The van der Waals surface area contributed by atoms with Crippen molar-refractivity contribution in [2.75, 3.05) is 19.8 Å². The first-order valence-corrected chi connectivity index (χ1v) is 5.88. The van der Waals surface area contributed by atoms with E-state index < -0.39 is 17.9 Å². The minimum atomic E-state index is -0.832. The van der Waals surface area contributed by atoms with Gasteiger partial charge in [0.1, 0.15) is 11.6 Å². The number of hydrogen-bond acceptors (Lipinski definition) is 4. The first kappa shape index (κ1) is 13.3. The summed E-state index contributed by atoms with van der Waals surface area (Å²) in [5.41, 5.74) is 5.52. The Bertz CT molecular complexity index is 566. The van der Waals surface area contributed by atoms with Gasteiger partial charge < -0.3 is 20.4 Å². The number of primary amides is 1. The van der Waals surface area contributed by atoms with Crippen LogP contribution in [-0.2, 0) is 9.53 Å². The molecule has 2 heterocycles. The fourth-order valence-corrected chi connectivity index (χ4v) is 1.98. The van der Waals surface area contributed by atoms with Crippen molar-refractivity contribution in [1.82, 2.24) is 9.88 Å². The van der Waals surface area contributed by atoms with Gasteiger partial charge in [0.2, 0.25) is 5.91 Å². The number of morpholine rings is 1. The van der Waals surface area contributed by atoms with Crippen LogP contribution in [0.5, 0.6) is 0 Å². The van der Waals surface area contributed by atoms with Crippen LogP contribution in [0.15, 0.2) is 17.1 Å². The lowest BCUT2D eigenvalue weighted by molar-refractivity contribution is -0.127. The quantitative estimate of drug-likeness (QED) is 0.716. The summed E-state index contributed by atoms with van der Waals surface area (Å²) in [7, 11) is 0. The molecule has 2 amide bonds. The number of aromatic amines is 1. The van der Waals surface area contributed by atoms with Crippen LogP contribution in [0.3, 0.4) is 0 Å². The first-order chi connectivity index (χ1) is 9.00. The van der Waals surface area contributed by atoms with Gasteiger partial charge in [0.05, 0.1) is 13.2 Å². The summed E-state index contributed by atoms with van der Waals surface area (Å²) in [5.74, 6) is -1.15. The SMILES string of the molecule is Cc1cc(=O)c(C(=O)N2CCOCC2C(N)=O)c[nH]1. The molecule has 0 radical (unpaired) electrons. The normalized spacial score (nSPS) is 19.2. The summed E-state index contributed by atoms with van der Waals surface area (Å²) < 4.78 is 5.13. The molecule has 19 heavy (non-hydrogen) atoms. The van der Waals surface area contributed by atoms with Gasteiger partial charge in [0.15, 0.2) is 5.43 Å². The number of aryl methyl sites for hydroxylation is 1. The van der Waals surface area contributed by atoms with Crippen LogP contribution in [0.4, 0.5) is 0 Å². The van der Waals surface area contributed by atoms with E-state index in [4.69, 9.17) is 10.5 Å². The van der Waals surface area contributed by atoms with Crippen molar-refractivity contribution in [3.05, 3.63) is 33.7 Å². The molecule has 1 aromatic rings. The number of nitrogens with two attached hydrogens (primary N) is 1. The number of aromatic nitrogens is 1. The van der Waals surface area contributed by atoms with Gasteiger partial charge in [-0.25, -0.2) is 0 Å². The lowest BCUT2D eigenvalue weighted by atomic mass is 10.1. The molecule has 3 N–H and O–H groups in total. The van der Waals surface area contributed by atoms with E-state index in [-0.39, 0.29) is 24.1 Å². The highest BCUT2D eigenvalue weighted by atomic mass is 16.5. The summed E-state index contributed by atoms with van der Waals surface area (Å²) in [5, 5.41) is 0. The van der Waals surface area contributed by atoms with Gasteiger partial charge >= 0.3 is 0 Å². The van der Waals surface area contributed by atoms with Gasteiger partial charge in [-0.3, -0.25) is 14.4 Å². The Kier molecular flexibility index (Phi) is 3.66. The predicted octanol–water partition coefficient (Wildman–Crippen LogP) is -0.990. The zero-order chi connectivity index (χ0) is 14.0. The van der Waals surface area contributed by atoms with Gasteiger partial charge in [0.25, 0.3) is 5.91 Å². The smallest absolute Gasteiger partial charge is 0.260 e. The standard InChI is InChI=1S/C12H15N3O4/c1-7-4-10(16)8(5-14-7)12(18)15-2-3-19-6-9(15)11(13)17/h4-5,9H,2-3,6H2,1H3,(H2,13,17)(H,14,16). The lowest BCUT2D eigenvalue weighted by Gasteiger charge is -2.33. The number of rotatable bonds is 2. The van der Waals surface area contributed by atoms with Crippen LogP contribution in [0.1, 0.15) is 16.1 Å². The van der Waals surface area contributed by atoms with E-state index in [0.29, 0.717) is 12.3 Å². The number of H-pyrrole nitrogens is 1. The van der Waals surface area contributed by atoms with Crippen molar-refractivity contribution in [2.45, 2.75) is 13.0 Å². The van der Waals surface area contributed by atoms with E-state index in [1.165, 1.54) is 17.2 Å². The Morgan fingerprint density at radius 3 is 2.89 bits per heavy atom. The Labute approximate surface area is 109 Å². The number of hydrogen-bond donors (Lipinski definition) is 2. The summed E-state index contributed by atoms with van der Waals surface area (Å²) in [4.78, 5) is 39.5. The van der Waals surface area contributed by atoms with Gasteiger partial charge in [0, 0.05) is 24.5 Å². The maximum Gasteiger partial charge on any atom is 0.260 e. The molecule has 0 aromatic carbocycles. The van der Waals surface area contributed by atoms with Crippen LogP contribution in [-0.4, -0.2) is 47.5 Å². The summed E-state index contributed by atoms with van der Waals surface area (Å²) in [6, 6.07) is 0.509. The average molecular weight is 265 g/mol. The molecule has 1 saturated heterocycles. The Morgan fingerprint density at radius 2 is 2.26 bits per heavy atom. The van der Waals surface area contributed by atoms with Crippen LogP contribution in [0, 0.1) is 6.92 Å². The van der Waals surface area contributed by atoms with Crippen molar-refractivity contribution in [1.29, 1.82) is 0 Å². The fourth-order valence-electron chi connectivity index (χ4n) is 1.98. The van der Waals surface area contributed by atoms with Crippen LogP contribution < -0.4 is 11.2 Å². The van der Waals surface area contributed by atoms with Gasteiger partial charge in [-0.1, -0.05) is 0 Å². The highest BCUT2D eigenvalue weighted by Gasteiger charge is 2.32. The molecule has 7 heteroatoms. The van der Waals surface area contributed by atoms with E-state index in [0.717, 1.165) is 0 Å². The van der Waals surface area contributed by atoms with Crippen molar-refractivity contribution < 1.29 is 14.3 Å². The minimum absolute atomic E-state index is 0.00116. The second-order valence-corrected chi connectivity index (χ2v) is 4.39. The second-order valence-electron chi connectivity index (χ2n) is 4.39. The molecule has 7 nitrogen and oxygen atoms in total. The zero-order valence-electron chi connectivity index (χ0n) is 10.5. The number of nitrogens with zero attached hydrogens (tertiary/aromatic N) is 1. The van der Waals surface area contributed by atoms with E-state index in [2.05, 4.69) is 4.98 Å². The molecule has 1 unspecified atom stereocenters. The molecular formula is C12H15N3O4. The molecule has 1 atom stereocenters. The van der Waals surface area contributed by atoms with Gasteiger partial charge in [-0.2, -0.15) is 0 Å². The molecule has 0 aliphatic carbocycles. The number of carbonyl (C=O) groups is 2. The van der Waals surface area contributed by atoms with E-state index >= 15 is 0 Å². The maximum atomic E-state index is 12.3. The van der Waals surface area contributed by atoms with Crippen molar-refractivity contribution >= 4 is 11.8 Å². The van der Waals surface area contributed by atoms with Crippen LogP contribution in [0.25, 0.3) is 0 Å². The number of amides is 2. The summed E-state index contributed by atoms with van der Waals surface area (Å²) >= 11 is 0. The van der Waals surface area contributed by atoms with Crippen molar-refractivity contribution in [3.8, 4) is 0 Å². The highest BCUT2D eigenvalue weighted by Crippen LogP contribution is 2.10. The Hall–Kier alpha value is -2.15. The number of carbonyl (C=O) groups excluding carboxylic acids is 2. The molecule has 1 aliphatic heterocycles. The molecule has 0 bridgehead atoms. The van der Waals surface area contributed by atoms with Crippen molar-refractivity contribution in [3.63, 3.8) is 0 Å². The molecule has 1 aliphatic rings. The summed E-state index contributed by atoms with van der Waals surface area (Å²) in [6.07, 6.45) is 1.35. The average Bonchev–Trinajstić information content (AvgIpc) is 2.38. The number of ether oxygens (including phenoxy) is 1. The van der Waals surface area contributed by atoms with E-state index in [1.54, 1.807) is 6.92 Å². The monoisotopic (exact) mass is 265 g/mol. The largest absolute Gasteiger partial charge is 0.377 e. The third kappa shape index (κ3) is 2.65. The molecule has 0 saturated carbocycles. The molecule has 1 fully saturated rings. The third-order valence-corrected chi connectivity index (χ3v) is 3.01. The minimum Gasteiger partial charge on any atom is -0.377 e. The summed E-state index contributed by atoms with van der Waals surface area (Å²) in [6.45, 7) is 2.33. The number of pyridine rings is 1. The molecular weight excluding hydrogens is 250 g/mol. The van der Waals surface area contributed by atoms with Gasteiger partial charge in [-0.05, 0) is 6.92 Å².